The average molecular weight is 276 g/mol. The zero-order valence-corrected chi connectivity index (χ0v) is 10.8. The van der Waals surface area contributed by atoms with Crippen LogP contribution >= 0.6 is 23.2 Å². The summed E-state index contributed by atoms with van der Waals surface area (Å²) in [6.07, 6.45) is 0. The molecule has 0 fully saturated rings. The average Bonchev–Trinajstić information content (AvgIpc) is 2.23. The van der Waals surface area contributed by atoms with Crippen LogP contribution in [0.1, 0.15) is 13.8 Å². The van der Waals surface area contributed by atoms with Crippen LogP contribution in [-0.2, 0) is 9.59 Å². The van der Waals surface area contributed by atoms with Crippen molar-refractivity contribution in [3.63, 3.8) is 0 Å². The summed E-state index contributed by atoms with van der Waals surface area (Å²) in [7, 11) is 0. The second kappa shape index (κ2) is 4.94. The van der Waals surface area contributed by atoms with Crippen LogP contribution in [0.4, 0.5) is 5.69 Å². The van der Waals surface area contributed by atoms with E-state index >= 15 is 0 Å². The van der Waals surface area contributed by atoms with Crippen molar-refractivity contribution in [1.29, 1.82) is 0 Å². The Bertz CT molecular complexity index is 452. The number of halogens is 2. The van der Waals surface area contributed by atoms with Crippen LogP contribution in [0.25, 0.3) is 0 Å². The first-order valence-corrected chi connectivity index (χ1v) is 5.51. The summed E-state index contributed by atoms with van der Waals surface area (Å²) in [6.45, 7) is 2.60. The van der Waals surface area contributed by atoms with Gasteiger partial charge in [-0.3, -0.25) is 9.59 Å². The van der Waals surface area contributed by atoms with E-state index in [1.807, 2.05) is 0 Å². The number of nitrogens with one attached hydrogen (secondary N) is 1. The highest BCUT2D eigenvalue weighted by Gasteiger charge is 2.36. The maximum atomic E-state index is 11.8. The third-order valence-corrected chi connectivity index (χ3v) is 2.93. The standard InChI is InChI=1S/C11H11Cl2NO3/c1-11(2,10(16)17)9(15)14-8-6(12)4-3-5-7(8)13/h3-5H,1-2H3,(H,14,15)(H,16,17). The fourth-order valence-corrected chi connectivity index (χ4v) is 1.48. The van der Waals surface area contributed by atoms with Crippen LogP contribution in [-0.4, -0.2) is 17.0 Å². The van der Waals surface area contributed by atoms with E-state index in [1.54, 1.807) is 18.2 Å². The quantitative estimate of drug-likeness (QED) is 0.834. The van der Waals surface area contributed by atoms with Crippen LogP contribution in [0.5, 0.6) is 0 Å². The summed E-state index contributed by atoms with van der Waals surface area (Å²) in [5, 5.41) is 11.8. The second-order valence-electron chi connectivity index (χ2n) is 3.98. The molecule has 2 N–H and O–H groups in total. The molecule has 4 nitrogen and oxygen atoms in total. The van der Waals surface area contributed by atoms with Gasteiger partial charge >= 0.3 is 5.97 Å². The molecule has 17 heavy (non-hydrogen) atoms. The fraction of sp³-hybridized carbons (Fsp3) is 0.273. The number of carbonyl (C=O) groups is 2. The largest absolute Gasteiger partial charge is 0.480 e. The monoisotopic (exact) mass is 275 g/mol. The molecule has 1 aromatic carbocycles. The molecule has 0 spiro atoms. The van der Waals surface area contributed by atoms with E-state index in [0.29, 0.717) is 0 Å². The summed E-state index contributed by atoms with van der Waals surface area (Å²) in [4.78, 5) is 22.7. The first kappa shape index (κ1) is 13.8. The van der Waals surface area contributed by atoms with Gasteiger partial charge in [0.15, 0.2) is 0 Å². The van der Waals surface area contributed by atoms with Gasteiger partial charge in [-0.1, -0.05) is 29.3 Å². The molecule has 0 saturated carbocycles. The summed E-state index contributed by atoms with van der Waals surface area (Å²) in [6, 6.07) is 4.73. The highest BCUT2D eigenvalue weighted by atomic mass is 35.5. The zero-order chi connectivity index (χ0) is 13.2. The van der Waals surface area contributed by atoms with Crippen molar-refractivity contribution in [2.45, 2.75) is 13.8 Å². The Kier molecular flexibility index (Phi) is 4.01. The Morgan fingerprint density at radius 2 is 1.71 bits per heavy atom. The molecular weight excluding hydrogens is 265 g/mol. The number of amides is 1. The molecule has 0 aliphatic carbocycles. The number of hydrogen-bond donors (Lipinski definition) is 2. The van der Waals surface area contributed by atoms with Gasteiger partial charge in [-0.15, -0.1) is 0 Å². The molecule has 0 heterocycles. The van der Waals surface area contributed by atoms with Gasteiger partial charge in [0.25, 0.3) is 0 Å². The lowest BCUT2D eigenvalue weighted by atomic mass is 9.92. The van der Waals surface area contributed by atoms with Gasteiger partial charge in [-0.05, 0) is 26.0 Å². The summed E-state index contributed by atoms with van der Waals surface area (Å²) < 4.78 is 0. The number of para-hydroxylation sites is 1. The molecule has 1 aromatic rings. The lowest BCUT2D eigenvalue weighted by molar-refractivity contribution is -0.151. The van der Waals surface area contributed by atoms with E-state index in [0.717, 1.165) is 0 Å². The number of hydrogen-bond acceptors (Lipinski definition) is 2. The zero-order valence-electron chi connectivity index (χ0n) is 9.25. The summed E-state index contributed by atoms with van der Waals surface area (Å²) in [5.74, 6) is -1.90. The van der Waals surface area contributed by atoms with Crippen molar-refractivity contribution in [2.24, 2.45) is 5.41 Å². The van der Waals surface area contributed by atoms with Gasteiger partial charge in [0.2, 0.25) is 5.91 Å². The van der Waals surface area contributed by atoms with E-state index in [9.17, 15) is 9.59 Å². The van der Waals surface area contributed by atoms with Crippen molar-refractivity contribution in [2.75, 3.05) is 5.32 Å². The minimum atomic E-state index is -1.55. The molecule has 92 valence electrons. The Labute approximate surface area is 109 Å². The first-order chi connectivity index (χ1) is 7.76. The number of benzene rings is 1. The topological polar surface area (TPSA) is 66.4 Å². The molecule has 0 unspecified atom stereocenters. The highest BCUT2D eigenvalue weighted by molar-refractivity contribution is 6.39. The predicted molar refractivity (Wildman–Crippen MR) is 66.5 cm³/mol. The Balaban J connectivity index is 3.00. The maximum absolute atomic E-state index is 11.8. The molecule has 0 saturated heterocycles. The molecule has 1 rings (SSSR count). The lowest BCUT2D eigenvalue weighted by Crippen LogP contribution is -2.37. The summed E-state index contributed by atoms with van der Waals surface area (Å²) >= 11 is 11.7. The molecule has 0 bridgehead atoms. The maximum Gasteiger partial charge on any atom is 0.318 e. The molecule has 0 atom stereocenters. The van der Waals surface area contributed by atoms with E-state index in [4.69, 9.17) is 28.3 Å². The number of carboxylic acid groups (broad SMARTS) is 1. The van der Waals surface area contributed by atoms with E-state index < -0.39 is 17.3 Å². The number of carbonyl (C=O) groups excluding carboxylic acids is 1. The number of aliphatic carboxylic acids is 1. The Hall–Kier alpha value is -1.26. The minimum Gasteiger partial charge on any atom is -0.480 e. The van der Waals surface area contributed by atoms with Crippen molar-refractivity contribution in [1.82, 2.24) is 0 Å². The van der Waals surface area contributed by atoms with Gasteiger partial charge in [-0.25, -0.2) is 0 Å². The van der Waals surface area contributed by atoms with E-state index in [-0.39, 0.29) is 15.7 Å². The van der Waals surface area contributed by atoms with Gasteiger partial charge in [-0.2, -0.15) is 0 Å². The fourth-order valence-electron chi connectivity index (χ4n) is 0.984. The molecule has 0 radical (unpaired) electrons. The van der Waals surface area contributed by atoms with Gasteiger partial charge in [0.05, 0.1) is 15.7 Å². The number of carboxylic acids is 1. The second-order valence-corrected chi connectivity index (χ2v) is 4.80. The molecule has 0 aliphatic heterocycles. The third-order valence-electron chi connectivity index (χ3n) is 2.30. The molecule has 0 aromatic heterocycles. The van der Waals surface area contributed by atoms with Crippen molar-refractivity contribution >= 4 is 40.8 Å². The summed E-state index contributed by atoms with van der Waals surface area (Å²) in [5.41, 5.74) is -1.34. The van der Waals surface area contributed by atoms with Crippen molar-refractivity contribution < 1.29 is 14.7 Å². The molecular formula is C11H11Cl2NO3. The van der Waals surface area contributed by atoms with Crippen LogP contribution < -0.4 is 5.32 Å². The minimum absolute atomic E-state index is 0.218. The SMILES string of the molecule is CC(C)(C(=O)O)C(=O)Nc1c(Cl)cccc1Cl. The molecule has 1 amide bonds. The van der Waals surface area contributed by atoms with Crippen LogP contribution in [0.3, 0.4) is 0 Å². The van der Waals surface area contributed by atoms with Gasteiger partial charge in [0, 0.05) is 0 Å². The Morgan fingerprint density at radius 1 is 1.24 bits per heavy atom. The van der Waals surface area contributed by atoms with Crippen molar-refractivity contribution in [3.8, 4) is 0 Å². The first-order valence-electron chi connectivity index (χ1n) is 4.75. The molecule has 0 aliphatic rings. The highest BCUT2D eigenvalue weighted by Crippen LogP contribution is 2.31. The number of rotatable bonds is 3. The molecule has 6 heteroatoms. The van der Waals surface area contributed by atoms with Crippen LogP contribution in [0.15, 0.2) is 18.2 Å². The smallest absolute Gasteiger partial charge is 0.318 e. The normalized spacial score (nSPS) is 11.1. The Morgan fingerprint density at radius 3 is 2.12 bits per heavy atom. The van der Waals surface area contributed by atoms with Gasteiger partial charge in [0.1, 0.15) is 5.41 Å². The number of anilines is 1. The lowest BCUT2D eigenvalue weighted by Gasteiger charge is -2.19. The van der Waals surface area contributed by atoms with Crippen LogP contribution in [0.2, 0.25) is 10.0 Å². The van der Waals surface area contributed by atoms with Crippen LogP contribution in [0, 0.1) is 5.41 Å². The van der Waals surface area contributed by atoms with Gasteiger partial charge < -0.3 is 10.4 Å². The van der Waals surface area contributed by atoms with Crippen molar-refractivity contribution in [3.05, 3.63) is 28.2 Å². The third kappa shape index (κ3) is 2.90. The van der Waals surface area contributed by atoms with E-state index in [2.05, 4.69) is 5.32 Å². The van der Waals surface area contributed by atoms with E-state index in [1.165, 1.54) is 13.8 Å². The predicted octanol–water partition coefficient (Wildman–Crippen LogP) is 3.04.